The molecule has 2 heterocycles. The van der Waals surface area contributed by atoms with Gasteiger partial charge in [-0.05, 0) is 79.7 Å². The number of Topliss-reactive ketones (excluding diaryl/α,β-unsaturated/α-hetero) is 2. The van der Waals surface area contributed by atoms with Crippen LogP contribution in [0.3, 0.4) is 0 Å². The fourth-order valence-electron chi connectivity index (χ4n) is 15.6. The van der Waals surface area contributed by atoms with E-state index in [0.717, 1.165) is 0 Å². The predicted molar refractivity (Wildman–Crippen MR) is 274 cm³/mol. The van der Waals surface area contributed by atoms with E-state index in [1.807, 2.05) is 6.92 Å². The Kier molecular flexibility index (Phi) is 14.2. The van der Waals surface area contributed by atoms with Gasteiger partial charge in [0.2, 0.25) is 0 Å². The highest BCUT2D eigenvalue weighted by Gasteiger charge is 2.79. The number of fused-ring (bicyclic) bond motifs is 10. The largest absolute Gasteiger partial charge is 0.455 e. The van der Waals surface area contributed by atoms with Crippen LogP contribution in [0.25, 0.3) is 0 Å². The Morgan fingerprint density at radius 1 is 0.564 bits per heavy atom. The molecule has 0 amide bonds. The summed E-state index contributed by atoms with van der Waals surface area (Å²) in [7, 11) is 0. The average molecular weight is 1090 g/mol. The maximum Gasteiger partial charge on any atom is 0.338 e. The third-order valence-electron chi connectivity index (χ3n) is 20.4. The molecule has 0 aromatic heterocycles. The number of benzene rings is 2. The summed E-state index contributed by atoms with van der Waals surface area (Å²) in [6, 6.07) is 16.4. The molecule has 19 heteroatoms. The SMILES string of the molecule is CC(=O)OC12COC1CC(O)[C@@]1(C)C(=O)C(O)C3=C(C)C(O)CC(O)(C(OC(=O)c4ccccc4)C21)C3(C)C.CC(=O)OC12COC1C[C@H](C)[C@@]1(C)C(=O)C(O)C3=C(C)C(O)CC(O)(C(OC(=O)c4ccccc4)C21)C3(C)C. The van der Waals surface area contributed by atoms with Crippen molar-refractivity contribution < 1.29 is 92.9 Å². The van der Waals surface area contributed by atoms with Crippen LogP contribution < -0.4 is 0 Å². The molecule has 2 saturated heterocycles. The third kappa shape index (κ3) is 7.91. The Labute approximate surface area is 452 Å². The molecule has 6 aliphatic carbocycles. The molecule has 6 fully saturated rings. The first kappa shape index (κ1) is 57.5. The van der Waals surface area contributed by atoms with Gasteiger partial charge in [0.1, 0.15) is 47.8 Å². The molecule has 10 rings (SSSR count). The van der Waals surface area contributed by atoms with Gasteiger partial charge in [0, 0.05) is 49.4 Å². The summed E-state index contributed by atoms with van der Waals surface area (Å²) < 4.78 is 35.8. The number of esters is 4. The number of hydrogen-bond donors (Lipinski definition) is 7. The minimum atomic E-state index is -2.07. The average Bonchev–Trinajstić information content (AvgIpc) is 3.37. The molecular weight excluding hydrogens is 1010 g/mol. The van der Waals surface area contributed by atoms with Crippen LogP contribution in [0.2, 0.25) is 0 Å². The lowest BCUT2D eigenvalue weighted by molar-refractivity contribution is -0.345. The van der Waals surface area contributed by atoms with E-state index in [1.165, 1.54) is 32.9 Å². The molecule has 2 aromatic carbocycles. The van der Waals surface area contributed by atoms with Gasteiger partial charge in [-0.2, -0.15) is 0 Å². The van der Waals surface area contributed by atoms with Crippen molar-refractivity contribution in [2.24, 2.45) is 39.4 Å². The van der Waals surface area contributed by atoms with Crippen molar-refractivity contribution in [3.8, 4) is 0 Å². The number of aliphatic hydroxyl groups excluding tert-OH is 5. The summed E-state index contributed by atoms with van der Waals surface area (Å²) in [4.78, 5) is 80.9. The minimum Gasteiger partial charge on any atom is -0.455 e. The zero-order valence-corrected chi connectivity index (χ0v) is 46.0. The lowest BCUT2D eigenvalue weighted by Crippen LogP contribution is -2.81. The number of ketones is 2. The van der Waals surface area contributed by atoms with Crippen molar-refractivity contribution >= 4 is 35.4 Å². The second-order valence-electron chi connectivity index (χ2n) is 24.8. The number of rotatable bonds is 6. The van der Waals surface area contributed by atoms with E-state index < -0.39 is 152 Å². The van der Waals surface area contributed by atoms with Crippen LogP contribution in [-0.2, 0) is 47.6 Å². The Hall–Kier alpha value is -5.22. The lowest BCUT2D eigenvalue weighted by atomic mass is 9.43. The fraction of sp³-hybridized carbons (Fsp3) is 0.627. The van der Waals surface area contributed by atoms with Crippen LogP contribution in [0, 0.1) is 39.4 Å². The van der Waals surface area contributed by atoms with Crippen LogP contribution in [0.15, 0.2) is 83.0 Å². The highest BCUT2D eigenvalue weighted by Crippen LogP contribution is 2.67. The van der Waals surface area contributed by atoms with Gasteiger partial charge < -0.3 is 64.2 Å². The zero-order chi connectivity index (χ0) is 57.4. The number of carbonyl (C=O) groups excluding carboxylic acids is 6. The molecule has 15 unspecified atom stereocenters. The predicted octanol–water partition coefficient (Wildman–Crippen LogP) is 3.44. The molecule has 0 radical (unpaired) electrons. The molecule has 2 aromatic rings. The Balaban J connectivity index is 0.000000190. The molecule has 7 N–H and O–H groups in total. The number of ether oxygens (including phenoxy) is 6. The van der Waals surface area contributed by atoms with Crippen LogP contribution in [0.4, 0.5) is 0 Å². The molecular formula is C59H74O19. The van der Waals surface area contributed by atoms with Gasteiger partial charge in [0.05, 0.1) is 59.9 Å². The summed E-state index contributed by atoms with van der Waals surface area (Å²) in [5.74, 6) is -6.94. The van der Waals surface area contributed by atoms with Crippen molar-refractivity contribution in [2.75, 3.05) is 13.2 Å². The molecule has 2 aliphatic heterocycles. The van der Waals surface area contributed by atoms with Crippen LogP contribution in [0.1, 0.15) is 123 Å². The molecule has 78 heavy (non-hydrogen) atoms. The Bertz CT molecular complexity index is 2670. The van der Waals surface area contributed by atoms with Crippen molar-refractivity contribution in [3.63, 3.8) is 0 Å². The first-order valence-electron chi connectivity index (χ1n) is 26.8. The lowest BCUT2D eigenvalue weighted by Gasteiger charge is -2.67. The van der Waals surface area contributed by atoms with E-state index in [0.29, 0.717) is 17.6 Å². The van der Waals surface area contributed by atoms with E-state index in [-0.39, 0.29) is 54.7 Å². The molecule has 4 bridgehead atoms. The highest BCUT2D eigenvalue weighted by molar-refractivity contribution is 5.95. The Morgan fingerprint density at radius 3 is 1.28 bits per heavy atom. The second kappa shape index (κ2) is 19.2. The van der Waals surface area contributed by atoms with E-state index in [2.05, 4.69) is 0 Å². The van der Waals surface area contributed by atoms with Gasteiger partial charge in [-0.1, -0.05) is 77.9 Å². The van der Waals surface area contributed by atoms with E-state index >= 15 is 0 Å². The normalized spacial score (nSPS) is 42.7. The van der Waals surface area contributed by atoms with E-state index in [9.17, 15) is 64.5 Å². The Morgan fingerprint density at radius 2 is 0.923 bits per heavy atom. The van der Waals surface area contributed by atoms with E-state index in [4.69, 9.17) is 28.4 Å². The fourth-order valence-corrected chi connectivity index (χ4v) is 15.6. The van der Waals surface area contributed by atoms with Crippen molar-refractivity contribution in [1.82, 2.24) is 0 Å². The first-order chi connectivity index (χ1) is 36.2. The van der Waals surface area contributed by atoms with Gasteiger partial charge in [0.25, 0.3) is 0 Å². The van der Waals surface area contributed by atoms with E-state index in [1.54, 1.807) is 97.0 Å². The number of aliphatic hydroxyl groups is 7. The summed E-state index contributed by atoms with van der Waals surface area (Å²) in [6.45, 7) is 17.0. The van der Waals surface area contributed by atoms with Crippen LogP contribution in [-0.4, -0.2) is 162 Å². The van der Waals surface area contributed by atoms with Crippen molar-refractivity contribution in [3.05, 3.63) is 94.1 Å². The quantitative estimate of drug-likeness (QED) is 0.124. The molecule has 18 atom stereocenters. The summed E-state index contributed by atoms with van der Waals surface area (Å²) in [5, 5.41) is 82.3. The summed E-state index contributed by atoms with van der Waals surface area (Å²) in [5.41, 5.74) is -11.4. The van der Waals surface area contributed by atoms with Crippen LogP contribution >= 0.6 is 0 Å². The topological polar surface area (TPSA) is 299 Å². The maximum absolute atomic E-state index is 14.4. The number of hydrogen-bond acceptors (Lipinski definition) is 19. The van der Waals surface area contributed by atoms with Gasteiger partial charge >= 0.3 is 23.9 Å². The molecule has 0 spiro atoms. The highest BCUT2D eigenvalue weighted by atomic mass is 16.6. The molecule has 19 nitrogen and oxygen atoms in total. The minimum absolute atomic E-state index is 0.0617. The van der Waals surface area contributed by atoms with Gasteiger partial charge in [-0.25, -0.2) is 9.59 Å². The molecule has 424 valence electrons. The standard InChI is InChI=1S/C30H38O9.C29H36O10/c1-15-12-20-29(14-37-20,39-17(3)31)23-25(38-26(35)18-10-8-7-9-11-18)30(36)13-19(32)16(2)21(27(30,4)5)22(33)24(34)28(15,23)6;1-14-17(31)12-29(36)24(38-25(35)16-9-7-6-8-10-16)22-27(5,23(34)21(33)20(14)26(29,3)4)18(32)11-19-28(22,13-37-19)39-15(2)30/h7-11,15,19-20,22-23,25,32-33,36H,12-14H2,1-6H3;6-10,17-19,21-22,24,31-33,36H,11-13H2,1-5H3/t15-,19?,20?,22?,23?,25?,28+,29?,30?;17?,18?,19?,21?,22?,24?,27-,28?,29?/m01/s1. The van der Waals surface area contributed by atoms with Crippen molar-refractivity contribution in [2.45, 2.75) is 179 Å². The second-order valence-corrected chi connectivity index (χ2v) is 24.8. The van der Waals surface area contributed by atoms with Gasteiger partial charge in [0.15, 0.2) is 22.8 Å². The summed E-state index contributed by atoms with van der Waals surface area (Å²) in [6.07, 6.45) is -12.0. The van der Waals surface area contributed by atoms with Crippen LogP contribution in [0.5, 0.6) is 0 Å². The first-order valence-corrected chi connectivity index (χ1v) is 26.8. The molecule has 8 aliphatic rings. The maximum atomic E-state index is 14.4. The van der Waals surface area contributed by atoms with Crippen molar-refractivity contribution in [1.29, 1.82) is 0 Å². The smallest absolute Gasteiger partial charge is 0.338 e. The van der Waals surface area contributed by atoms with Gasteiger partial charge in [-0.15, -0.1) is 0 Å². The summed E-state index contributed by atoms with van der Waals surface area (Å²) >= 11 is 0. The van der Waals surface area contributed by atoms with Gasteiger partial charge in [-0.3, -0.25) is 19.2 Å². The zero-order valence-electron chi connectivity index (χ0n) is 46.0. The number of carbonyl (C=O) groups is 6. The third-order valence-corrected chi connectivity index (χ3v) is 20.4. The molecule has 4 saturated carbocycles. The monoisotopic (exact) mass is 1090 g/mol.